The van der Waals surface area contributed by atoms with Gasteiger partial charge < -0.3 is 5.32 Å². The molecule has 5 nitrogen and oxygen atoms in total. The minimum atomic E-state index is -0.462. The third-order valence-corrected chi connectivity index (χ3v) is 2.95. The molecule has 0 spiro atoms. The van der Waals surface area contributed by atoms with E-state index in [1.165, 1.54) is 0 Å². The number of amides is 2. The van der Waals surface area contributed by atoms with Gasteiger partial charge in [-0.05, 0) is 25.0 Å². The number of carbonyl (C=O) groups is 2. The minimum Gasteiger partial charge on any atom is -0.372 e. The molecule has 0 saturated carbocycles. The molecule has 0 bridgehead atoms. The number of imide groups is 1. The average molecular weight is 243 g/mol. The number of nitrogens with one attached hydrogen (secondary N) is 2. The van der Waals surface area contributed by atoms with Gasteiger partial charge in [0.15, 0.2) is 0 Å². The van der Waals surface area contributed by atoms with Gasteiger partial charge >= 0.3 is 0 Å². The Labute approximate surface area is 105 Å². The Bertz CT molecular complexity index is 546. The molecule has 1 unspecified atom stereocenters. The highest BCUT2D eigenvalue weighted by Crippen LogP contribution is 2.22. The predicted octanol–water partition coefficient (Wildman–Crippen LogP) is 1.08. The first-order valence-electron chi connectivity index (χ1n) is 5.72. The SMILES string of the molecule is Cc1cccc(C#N)c1NC1CCC(=O)NC1=O. The maximum absolute atomic E-state index is 11.6. The Hall–Kier alpha value is -2.35. The summed E-state index contributed by atoms with van der Waals surface area (Å²) in [4.78, 5) is 22.7. The second-order valence-electron chi connectivity index (χ2n) is 4.26. The zero-order valence-electron chi connectivity index (χ0n) is 9.99. The van der Waals surface area contributed by atoms with Crippen molar-refractivity contribution in [2.24, 2.45) is 0 Å². The highest BCUT2D eigenvalue weighted by molar-refractivity contribution is 6.01. The van der Waals surface area contributed by atoms with Crippen LogP contribution < -0.4 is 10.6 Å². The number of aryl methyl sites for hydroxylation is 1. The van der Waals surface area contributed by atoms with Crippen molar-refractivity contribution in [2.75, 3.05) is 5.32 Å². The number of nitriles is 1. The Morgan fingerprint density at radius 1 is 1.44 bits per heavy atom. The van der Waals surface area contributed by atoms with Crippen molar-refractivity contribution in [3.63, 3.8) is 0 Å². The number of rotatable bonds is 2. The molecule has 1 atom stereocenters. The van der Waals surface area contributed by atoms with Crippen LogP contribution in [0.25, 0.3) is 0 Å². The number of carbonyl (C=O) groups excluding carboxylic acids is 2. The molecule has 1 fully saturated rings. The monoisotopic (exact) mass is 243 g/mol. The van der Waals surface area contributed by atoms with Crippen LogP contribution in [0.1, 0.15) is 24.0 Å². The van der Waals surface area contributed by atoms with Gasteiger partial charge in [-0.25, -0.2) is 0 Å². The summed E-state index contributed by atoms with van der Waals surface area (Å²) in [6, 6.07) is 6.99. The van der Waals surface area contributed by atoms with Gasteiger partial charge in [-0.3, -0.25) is 14.9 Å². The van der Waals surface area contributed by atoms with Gasteiger partial charge in [0.2, 0.25) is 11.8 Å². The Morgan fingerprint density at radius 3 is 2.89 bits per heavy atom. The summed E-state index contributed by atoms with van der Waals surface area (Å²) in [5, 5.41) is 14.4. The summed E-state index contributed by atoms with van der Waals surface area (Å²) in [6.45, 7) is 1.87. The van der Waals surface area contributed by atoms with Gasteiger partial charge in [0.25, 0.3) is 0 Å². The van der Waals surface area contributed by atoms with Crippen LogP contribution in [-0.2, 0) is 9.59 Å². The van der Waals surface area contributed by atoms with Gasteiger partial charge in [0.1, 0.15) is 12.1 Å². The van der Waals surface area contributed by atoms with E-state index >= 15 is 0 Å². The number of hydrogen-bond acceptors (Lipinski definition) is 4. The van der Waals surface area contributed by atoms with Gasteiger partial charge in [0, 0.05) is 6.42 Å². The van der Waals surface area contributed by atoms with E-state index < -0.39 is 6.04 Å². The average Bonchev–Trinajstić information content (AvgIpc) is 2.34. The largest absolute Gasteiger partial charge is 0.372 e. The minimum absolute atomic E-state index is 0.247. The van der Waals surface area contributed by atoms with Crippen molar-refractivity contribution in [3.8, 4) is 6.07 Å². The van der Waals surface area contributed by atoms with Crippen molar-refractivity contribution in [1.82, 2.24) is 5.32 Å². The molecule has 18 heavy (non-hydrogen) atoms. The lowest BCUT2D eigenvalue weighted by molar-refractivity contribution is -0.133. The van der Waals surface area contributed by atoms with E-state index in [9.17, 15) is 9.59 Å². The molecular weight excluding hydrogens is 230 g/mol. The van der Waals surface area contributed by atoms with Crippen molar-refractivity contribution in [3.05, 3.63) is 29.3 Å². The summed E-state index contributed by atoms with van der Waals surface area (Å²) in [6.07, 6.45) is 0.765. The van der Waals surface area contributed by atoms with Crippen molar-refractivity contribution in [2.45, 2.75) is 25.8 Å². The molecule has 0 aliphatic carbocycles. The quantitative estimate of drug-likeness (QED) is 0.761. The van der Waals surface area contributed by atoms with E-state index in [0.717, 1.165) is 5.56 Å². The fourth-order valence-corrected chi connectivity index (χ4v) is 1.96. The zero-order valence-corrected chi connectivity index (χ0v) is 9.99. The molecule has 1 aliphatic heterocycles. The molecule has 2 amide bonds. The van der Waals surface area contributed by atoms with Crippen molar-refractivity contribution < 1.29 is 9.59 Å². The third kappa shape index (κ3) is 2.33. The zero-order chi connectivity index (χ0) is 13.1. The molecule has 1 aliphatic rings. The van der Waals surface area contributed by atoms with E-state index in [2.05, 4.69) is 16.7 Å². The molecule has 2 N–H and O–H groups in total. The Balaban J connectivity index is 2.22. The lowest BCUT2D eigenvalue weighted by atomic mass is 10.0. The smallest absolute Gasteiger partial charge is 0.249 e. The molecular formula is C13H13N3O2. The Morgan fingerprint density at radius 2 is 2.22 bits per heavy atom. The maximum atomic E-state index is 11.6. The molecule has 2 rings (SSSR count). The molecule has 5 heteroatoms. The molecule has 1 aromatic carbocycles. The number of nitrogens with zero attached hydrogens (tertiary/aromatic N) is 1. The van der Waals surface area contributed by atoms with Crippen LogP contribution in [0.4, 0.5) is 5.69 Å². The summed E-state index contributed by atoms with van der Waals surface area (Å²) < 4.78 is 0. The number of anilines is 1. The normalized spacial score (nSPS) is 19.0. The van der Waals surface area contributed by atoms with Gasteiger partial charge in [-0.15, -0.1) is 0 Å². The second kappa shape index (κ2) is 4.88. The molecule has 0 radical (unpaired) electrons. The third-order valence-electron chi connectivity index (χ3n) is 2.95. The van der Waals surface area contributed by atoms with Crippen LogP contribution in [0.3, 0.4) is 0 Å². The van der Waals surface area contributed by atoms with Crippen LogP contribution in [0.5, 0.6) is 0 Å². The fraction of sp³-hybridized carbons (Fsp3) is 0.308. The predicted molar refractivity (Wildman–Crippen MR) is 65.7 cm³/mol. The number of hydrogen-bond donors (Lipinski definition) is 2. The molecule has 0 aromatic heterocycles. The number of benzene rings is 1. The lowest BCUT2D eigenvalue weighted by Gasteiger charge is -2.24. The fourth-order valence-electron chi connectivity index (χ4n) is 1.96. The van der Waals surface area contributed by atoms with Crippen LogP contribution >= 0.6 is 0 Å². The van der Waals surface area contributed by atoms with Crippen molar-refractivity contribution in [1.29, 1.82) is 5.26 Å². The van der Waals surface area contributed by atoms with E-state index in [-0.39, 0.29) is 11.8 Å². The van der Waals surface area contributed by atoms with Gasteiger partial charge in [-0.1, -0.05) is 12.1 Å². The molecule has 92 valence electrons. The summed E-state index contributed by atoms with van der Waals surface area (Å²) >= 11 is 0. The van der Waals surface area contributed by atoms with Crippen LogP contribution in [0.15, 0.2) is 18.2 Å². The summed E-state index contributed by atoms with van der Waals surface area (Å²) in [5.74, 6) is -0.582. The van der Waals surface area contributed by atoms with Crippen molar-refractivity contribution >= 4 is 17.5 Å². The lowest BCUT2D eigenvalue weighted by Crippen LogP contribution is -2.47. The first-order valence-corrected chi connectivity index (χ1v) is 5.72. The highest BCUT2D eigenvalue weighted by Gasteiger charge is 2.27. The second-order valence-corrected chi connectivity index (χ2v) is 4.26. The van der Waals surface area contributed by atoms with Crippen LogP contribution in [0, 0.1) is 18.3 Å². The number of para-hydroxylation sites is 1. The van der Waals surface area contributed by atoms with E-state index in [1.54, 1.807) is 12.1 Å². The first kappa shape index (κ1) is 12.1. The summed E-state index contributed by atoms with van der Waals surface area (Å²) in [5.41, 5.74) is 2.06. The van der Waals surface area contributed by atoms with E-state index in [4.69, 9.17) is 5.26 Å². The molecule has 1 aromatic rings. The van der Waals surface area contributed by atoms with Crippen LogP contribution in [-0.4, -0.2) is 17.9 Å². The topological polar surface area (TPSA) is 82.0 Å². The van der Waals surface area contributed by atoms with Crippen LogP contribution in [0.2, 0.25) is 0 Å². The van der Waals surface area contributed by atoms with Gasteiger partial charge in [0.05, 0.1) is 11.3 Å². The standard InChI is InChI=1S/C13H13N3O2/c1-8-3-2-4-9(7-14)12(8)15-10-5-6-11(17)16-13(10)18/h2-4,10,15H,5-6H2,1H3,(H,16,17,18). The van der Waals surface area contributed by atoms with E-state index in [1.807, 2.05) is 13.0 Å². The molecule has 1 heterocycles. The summed E-state index contributed by atoms with van der Waals surface area (Å²) in [7, 11) is 0. The number of piperidine rings is 1. The Kier molecular flexibility index (Phi) is 3.28. The van der Waals surface area contributed by atoms with E-state index in [0.29, 0.717) is 24.1 Å². The highest BCUT2D eigenvalue weighted by atomic mass is 16.2. The first-order chi connectivity index (χ1) is 8.61. The van der Waals surface area contributed by atoms with Gasteiger partial charge in [-0.2, -0.15) is 5.26 Å². The molecule has 1 saturated heterocycles. The maximum Gasteiger partial charge on any atom is 0.249 e.